The first-order chi connectivity index (χ1) is 13.9. The minimum atomic E-state index is -0.105. The van der Waals surface area contributed by atoms with Crippen LogP contribution in [0.15, 0.2) is 48.5 Å². The number of hydrogen-bond acceptors (Lipinski definition) is 2. The molecule has 154 valence electrons. The fraction of sp³-hybridized carbons (Fsp3) is 0.417. The van der Waals surface area contributed by atoms with Crippen molar-refractivity contribution in [2.75, 3.05) is 18.0 Å². The Morgan fingerprint density at radius 1 is 1.03 bits per heavy atom. The Morgan fingerprint density at radius 2 is 1.66 bits per heavy atom. The van der Waals surface area contributed by atoms with Crippen LogP contribution in [-0.2, 0) is 0 Å². The van der Waals surface area contributed by atoms with Gasteiger partial charge in [-0.1, -0.05) is 52.0 Å². The van der Waals surface area contributed by atoms with E-state index in [2.05, 4.69) is 62.6 Å². The topological polar surface area (TPSA) is 61.4 Å². The summed E-state index contributed by atoms with van der Waals surface area (Å²) in [6.45, 7) is 9.94. The Kier molecular flexibility index (Phi) is 6.57. The zero-order valence-electron chi connectivity index (χ0n) is 17.7. The zero-order valence-corrected chi connectivity index (χ0v) is 17.7. The Labute approximate surface area is 173 Å². The maximum Gasteiger partial charge on any atom is 0.321 e. The summed E-state index contributed by atoms with van der Waals surface area (Å²) in [6, 6.07) is 15.6. The molecule has 1 fully saturated rings. The van der Waals surface area contributed by atoms with E-state index in [4.69, 9.17) is 0 Å². The Bertz CT molecular complexity index is 843. The Hall–Kier alpha value is -2.82. The van der Waals surface area contributed by atoms with E-state index in [-0.39, 0.29) is 23.9 Å². The van der Waals surface area contributed by atoms with Crippen molar-refractivity contribution in [2.24, 2.45) is 5.92 Å². The van der Waals surface area contributed by atoms with E-state index in [1.807, 2.05) is 12.1 Å². The quantitative estimate of drug-likeness (QED) is 0.706. The lowest BCUT2D eigenvalue weighted by atomic mass is 9.92. The molecule has 0 radical (unpaired) electrons. The zero-order chi connectivity index (χ0) is 21.0. The summed E-state index contributed by atoms with van der Waals surface area (Å²) in [6.07, 6.45) is 1.11. The molecule has 1 aliphatic heterocycles. The van der Waals surface area contributed by atoms with Gasteiger partial charge in [0.1, 0.15) is 0 Å². The van der Waals surface area contributed by atoms with E-state index in [1.54, 1.807) is 17.0 Å². The first kappa shape index (κ1) is 20.9. The van der Waals surface area contributed by atoms with Crippen molar-refractivity contribution >= 4 is 17.6 Å². The summed E-state index contributed by atoms with van der Waals surface area (Å²) in [7, 11) is 0. The van der Waals surface area contributed by atoms with E-state index in [1.165, 1.54) is 5.56 Å². The number of nitrogens with zero attached hydrogens (tertiary/aromatic N) is 1. The molecule has 0 aliphatic carbocycles. The first-order valence-electron chi connectivity index (χ1n) is 10.5. The van der Waals surface area contributed by atoms with Gasteiger partial charge < -0.3 is 10.6 Å². The lowest BCUT2D eigenvalue weighted by Gasteiger charge is -2.24. The molecule has 1 saturated heterocycles. The van der Waals surface area contributed by atoms with Gasteiger partial charge in [0.2, 0.25) is 0 Å². The predicted molar refractivity (Wildman–Crippen MR) is 117 cm³/mol. The van der Waals surface area contributed by atoms with Crippen molar-refractivity contribution in [2.45, 2.75) is 46.1 Å². The van der Waals surface area contributed by atoms with Crippen LogP contribution in [0, 0.1) is 5.92 Å². The van der Waals surface area contributed by atoms with E-state index in [0.717, 1.165) is 17.7 Å². The predicted octanol–water partition coefficient (Wildman–Crippen LogP) is 4.86. The maximum atomic E-state index is 12.8. The molecule has 3 amide bonds. The number of nitrogens with one attached hydrogen (secondary N) is 2. The average molecular weight is 394 g/mol. The van der Waals surface area contributed by atoms with Crippen molar-refractivity contribution < 1.29 is 9.59 Å². The second-order valence-corrected chi connectivity index (χ2v) is 8.10. The number of amides is 3. The van der Waals surface area contributed by atoms with Gasteiger partial charge in [-0.05, 0) is 53.6 Å². The highest BCUT2D eigenvalue weighted by Crippen LogP contribution is 2.26. The van der Waals surface area contributed by atoms with Crippen molar-refractivity contribution in [1.82, 2.24) is 10.6 Å². The van der Waals surface area contributed by atoms with Gasteiger partial charge in [-0.2, -0.15) is 0 Å². The summed E-state index contributed by atoms with van der Waals surface area (Å²) in [5.41, 5.74) is 3.84. The Morgan fingerprint density at radius 3 is 2.17 bits per heavy atom. The molecular formula is C24H31N3O2. The number of benzene rings is 2. The van der Waals surface area contributed by atoms with Crippen molar-refractivity contribution in [3.63, 3.8) is 0 Å². The monoisotopic (exact) mass is 393 g/mol. The average Bonchev–Trinajstić information content (AvgIpc) is 3.17. The standard InChI is InChI=1S/C24H31N3O2/c1-5-17(4)18-6-8-19(9-7-18)22(16(2)3)26-23(28)20-10-12-21(13-11-20)27-15-14-25-24(27)29/h6-13,16-17,22H,5,14-15H2,1-4H3,(H,25,29)(H,26,28). The third-order valence-corrected chi connectivity index (χ3v) is 5.73. The normalized spacial score (nSPS) is 15.9. The number of anilines is 1. The lowest BCUT2D eigenvalue weighted by Crippen LogP contribution is -2.32. The van der Waals surface area contributed by atoms with Crippen molar-refractivity contribution in [1.29, 1.82) is 0 Å². The van der Waals surface area contributed by atoms with Gasteiger partial charge in [-0.15, -0.1) is 0 Å². The van der Waals surface area contributed by atoms with Crippen LogP contribution in [0.5, 0.6) is 0 Å². The molecule has 2 N–H and O–H groups in total. The number of carbonyl (C=O) groups excluding carboxylic acids is 2. The van der Waals surface area contributed by atoms with Crippen LogP contribution in [0.4, 0.5) is 10.5 Å². The fourth-order valence-corrected chi connectivity index (χ4v) is 3.64. The molecule has 0 saturated carbocycles. The van der Waals surface area contributed by atoms with Crippen LogP contribution >= 0.6 is 0 Å². The second kappa shape index (κ2) is 9.12. The summed E-state index contributed by atoms with van der Waals surface area (Å²) in [5.74, 6) is 0.695. The van der Waals surface area contributed by atoms with Crippen LogP contribution in [0.1, 0.15) is 67.6 Å². The SMILES string of the molecule is CCC(C)c1ccc(C(NC(=O)c2ccc(N3CCNC3=O)cc2)C(C)C)cc1. The van der Waals surface area contributed by atoms with Gasteiger partial charge in [0, 0.05) is 24.3 Å². The van der Waals surface area contributed by atoms with E-state index in [9.17, 15) is 9.59 Å². The van der Waals surface area contributed by atoms with Gasteiger partial charge in [-0.25, -0.2) is 4.79 Å². The van der Waals surface area contributed by atoms with E-state index < -0.39 is 0 Å². The molecule has 2 aromatic rings. The van der Waals surface area contributed by atoms with Gasteiger partial charge in [0.25, 0.3) is 5.91 Å². The van der Waals surface area contributed by atoms with Crippen LogP contribution in [0.25, 0.3) is 0 Å². The van der Waals surface area contributed by atoms with Crippen LogP contribution < -0.4 is 15.5 Å². The molecule has 2 atom stereocenters. The molecule has 1 aliphatic rings. The molecule has 2 unspecified atom stereocenters. The van der Waals surface area contributed by atoms with Gasteiger partial charge in [0.15, 0.2) is 0 Å². The van der Waals surface area contributed by atoms with E-state index in [0.29, 0.717) is 24.6 Å². The van der Waals surface area contributed by atoms with Crippen molar-refractivity contribution in [3.8, 4) is 0 Å². The summed E-state index contributed by atoms with van der Waals surface area (Å²) < 4.78 is 0. The summed E-state index contributed by atoms with van der Waals surface area (Å²) in [5, 5.41) is 5.96. The summed E-state index contributed by atoms with van der Waals surface area (Å²) in [4.78, 5) is 26.3. The highest BCUT2D eigenvalue weighted by molar-refractivity contribution is 5.97. The van der Waals surface area contributed by atoms with Crippen LogP contribution in [-0.4, -0.2) is 25.0 Å². The van der Waals surface area contributed by atoms with Gasteiger partial charge in [-0.3, -0.25) is 9.69 Å². The molecule has 0 spiro atoms. The Balaban J connectivity index is 1.72. The number of carbonyl (C=O) groups is 2. The molecule has 29 heavy (non-hydrogen) atoms. The molecule has 3 rings (SSSR count). The molecule has 1 heterocycles. The molecule has 0 bridgehead atoms. The highest BCUT2D eigenvalue weighted by Gasteiger charge is 2.22. The van der Waals surface area contributed by atoms with Crippen molar-refractivity contribution in [3.05, 3.63) is 65.2 Å². The maximum absolute atomic E-state index is 12.8. The third kappa shape index (κ3) is 4.78. The molecule has 5 heteroatoms. The van der Waals surface area contributed by atoms with Crippen LogP contribution in [0.2, 0.25) is 0 Å². The lowest BCUT2D eigenvalue weighted by molar-refractivity contribution is 0.0925. The summed E-state index contributed by atoms with van der Waals surface area (Å²) >= 11 is 0. The number of urea groups is 1. The van der Waals surface area contributed by atoms with Gasteiger partial charge in [0.05, 0.1) is 6.04 Å². The van der Waals surface area contributed by atoms with Crippen LogP contribution in [0.3, 0.4) is 0 Å². The molecule has 0 aromatic heterocycles. The minimum absolute atomic E-state index is 0.0579. The molecule has 5 nitrogen and oxygen atoms in total. The first-order valence-corrected chi connectivity index (χ1v) is 10.5. The largest absolute Gasteiger partial charge is 0.345 e. The highest BCUT2D eigenvalue weighted by atomic mass is 16.2. The minimum Gasteiger partial charge on any atom is -0.345 e. The fourth-order valence-electron chi connectivity index (χ4n) is 3.64. The van der Waals surface area contributed by atoms with Gasteiger partial charge >= 0.3 is 6.03 Å². The van der Waals surface area contributed by atoms with E-state index >= 15 is 0 Å². The number of rotatable bonds is 7. The third-order valence-electron chi connectivity index (χ3n) is 5.73. The molecular weight excluding hydrogens is 362 g/mol. The number of hydrogen-bond donors (Lipinski definition) is 2. The second-order valence-electron chi connectivity index (χ2n) is 8.10. The molecule has 2 aromatic carbocycles. The smallest absolute Gasteiger partial charge is 0.321 e.